The van der Waals surface area contributed by atoms with E-state index < -0.39 is 0 Å². The first-order valence-electron chi connectivity index (χ1n) is 3.14. The number of nitrogens with one attached hydrogen (secondary N) is 2. The first kappa shape index (κ1) is 5.95. The van der Waals surface area contributed by atoms with E-state index in [-0.39, 0.29) is 5.69 Å². The van der Waals surface area contributed by atoms with Gasteiger partial charge in [-0.15, -0.1) is 5.73 Å². The molecule has 0 aliphatic carbocycles. The molecule has 0 saturated heterocycles. The number of aromatic nitrogens is 2. The third-order valence-electron chi connectivity index (χ3n) is 1.35. The highest BCUT2D eigenvalue weighted by Gasteiger charge is 1.90. The van der Waals surface area contributed by atoms with Gasteiger partial charge in [0.25, 0.3) is 0 Å². The van der Waals surface area contributed by atoms with E-state index >= 15 is 0 Å². The van der Waals surface area contributed by atoms with E-state index in [1.165, 1.54) is 6.20 Å². The van der Waals surface area contributed by atoms with Gasteiger partial charge in [-0.05, 0) is 12.2 Å². The van der Waals surface area contributed by atoms with Crippen molar-refractivity contribution < 1.29 is 0 Å². The van der Waals surface area contributed by atoms with Crippen LogP contribution >= 0.6 is 0 Å². The topological polar surface area (TPSA) is 61.0 Å². The van der Waals surface area contributed by atoms with E-state index in [1.54, 1.807) is 12.2 Å². The third-order valence-corrected chi connectivity index (χ3v) is 1.35. The second kappa shape index (κ2) is 2.11. The molecule has 0 aromatic carbocycles. The lowest BCUT2D eigenvalue weighted by atomic mass is 10.5. The zero-order valence-corrected chi connectivity index (χ0v) is 5.59. The average molecular weight is 147 g/mol. The quantitative estimate of drug-likeness (QED) is 0.444. The van der Waals surface area contributed by atoms with Crippen LogP contribution in [0.2, 0.25) is 0 Å². The number of nitrogens with zero attached hydrogens (tertiary/aromatic N) is 1. The van der Waals surface area contributed by atoms with Crippen molar-refractivity contribution in [3.8, 4) is 0 Å². The standard InChI is InChI=1S/C7H5N3O/c11-7-9-5-3-1-2-4-8-6(5)10-7/h1,3-4H,(H2,8,9,10,11). The molecule has 1 aromatic heterocycles. The highest BCUT2D eigenvalue weighted by atomic mass is 16.1. The fourth-order valence-corrected chi connectivity index (χ4v) is 0.886. The molecule has 0 amide bonds. The van der Waals surface area contributed by atoms with Crippen molar-refractivity contribution in [2.24, 2.45) is 4.99 Å². The molecule has 0 spiro atoms. The minimum Gasteiger partial charge on any atom is -0.304 e. The zero-order valence-electron chi connectivity index (χ0n) is 5.59. The highest BCUT2D eigenvalue weighted by molar-refractivity contribution is 5.33. The van der Waals surface area contributed by atoms with Crippen LogP contribution in [0.25, 0.3) is 6.08 Å². The van der Waals surface area contributed by atoms with Crippen LogP contribution in [0.4, 0.5) is 0 Å². The Bertz CT molecular complexity index is 456. The molecule has 1 aliphatic heterocycles. The van der Waals surface area contributed by atoms with Crippen LogP contribution in [0.3, 0.4) is 0 Å². The smallest absolute Gasteiger partial charge is 0.304 e. The Hall–Kier alpha value is -1.80. The molecule has 4 heteroatoms. The van der Waals surface area contributed by atoms with Crippen molar-refractivity contribution in [3.05, 3.63) is 39.3 Å². The molecule has 0 fully saturated rings. The summed E-state index contributed by atoms with van der Waals surface area (Å²) in [6, 6.07) is 0. The molecule has 0 bridgehead atoms. The van der Waals surface area contributed by atoms with E-state index in [9.17, 15) is 4.79 Å². The molecule has 1 aromatic rings. The fourth-order valence-electron chi connectivity index (χ4n) is 0.886. The van der Waals surface area contributed by atoms with E-state index in [0.717, 1.165) is 0 Å². The van der Waals surface area contributed by atoms with Gasteiger partial charge in [-0.25, -0.2) is 9.79 Å². The fraction of sp³-hybridized carbons (Fsp3) is 0. The summed E-state index contributed by atoms with van der Waals surface area (Å²) in [7, 11) is 0. The van der Waals surface area contributed by atoms with Crippen molar-refractivity contribution in [1.29, 1.82) is 0 Å². The number of imidazole rings is 1. The molecule has 2 N–H and O–H groups in total. The van der Waals surface area contributed by atoms with Gasteiger partial charge in [0.1, 0.15) is 0 Å². The molecule has 54 valence electrons. The molecule has 0 saturated carbocycles. The predicted octanol–water partition coefficient (Wildman–Crippen LogP) is -1.21. The van der Waals surface area contributed by atoms with Crippen LogP contribution in [-0.4, -0.2) is 9.97 Å². The molecular formula is C7H5N3O. The van der Waals surface area contributed by atoms with E-state index in [1.807, 2.05) is 0 Å². The van der Waals surface area contributed by atoms with Crippen molar-refractivity contribution in [3.63, 3.8) is 0 Å². The number of hydrogen-bond acceptors (Lipinski definition) is 2. The maximum absolute atomic E-state index is 10.7. The van der Waals surface area contributed by atoms with Crippen molar-refractivity contribution in [1.82, 2.24) is 9.97 Å². The van der Waals surface area contributed by atoms with Gasteiger partial charge in [0.2, 0.25) is 0 Å². The van der Waals surface area contributed by atoms with Crippen LogP contribution in [0.5, 0.6) is 0 Å². The maximum Gasteiger partial charge on any atom is 0.325 e. The van der Waals surface area contributed by atoms with Crippen LogP contribution in [0.1, 0.15) is 0 Å². The van der Waals surface area contributed by atoms with E-state index in [0.29, 0.717) is 10.8 Å². The Morgan fingerprint density at radius 2 is 2.36 bits per heavy atom. The number of fused-ring (bicyclic) bond motifs is 1. The molecular weight excluding hydrogens is 142 g/mol. The summed E-state index contributed by atoms with van der Waals surface area (Å²) in [4.78, 5) is 19.8. The SMILES string of the molecule is O=c1[nH]c2c([nH]1)=NC=C=CC=2. The Morgan fingerprint density at radius 1 is 1.45 bits per heavy atom. The minimum atomic E-state index is -0.237. The highest BCUT2D eigenvalue weighted by Crippen LogP contribution is 1.72. The zero-order chi connectivity index (χ0) is 7.68. The van der Waals surface area contributed by atoms with E-state index in [2.05, 4.69) is 20.7 Å². The molecule has 1 aliphatic rings. The predicted molar refractivity (Wildman–Crippen MR) is 39.3 cm³/mol. The van der Waals surface area contributed by atoms with Crippen molar-refractivity contribution >= 4 is 6.08 Å². The summed E-state index contributed by atoms with van der Waals surface area (Å²) < 4.78 is 0. The van der Waals surface area contributed by atoms with Crippen LogP contribution in [-0.2, 0) is 0 Å². The van der Waals surface area contributed by atoms with Gasteiger partial charge < -0.3 is 4.98 Å². The molecule has 0 unspecified atom stereocenters. The number of aromatic amines is 2. The van der Waals surface area contributed by atoms with Crippen LogP contribution < -0.4 is 16.5 Å². The molecule has 4 nitrogen and oxygen atoms in total. The van der Waals surface area contributed by atoms with Crippen molar-refractivity contribution in [2.45, 2.75) is 0 Å². The molecule has 0 radical (unpaired) electrons. The molecule has 11 heavy (non-hydrogen) atoms. The summed E-state index contributed by atoms with van der Waals surface area (Å²) in [5.74, 6) is 0. The summed E-state index contributed by atoms with van der Waals surface area (Å²) >= 11 is 0. The second-order valence-electron chi connectivity index (χ2n) is 2.10. The lowest BCUT2D eigenvalue weighted by Gasteiger charge is -1.69. The molecule has 2 rings (SSSR count). The van der Waals surface area contributed by atoms with Gasteiger partial charge in [0.15, 0.2) is 5.49 Å². The third kappa shape index (κ3) is 0.952. The Morgan fingerprint density at radius 3 is 3.27 bits per heavy atom. The number of rotatable bonds is 0. The molecule has 2 heterocycles. The number of H-pyrrole nitrogens is 2. The largest absolute Gasteiger partial charge is 0.325 e. The number of allylic oxidation sites excluding steroid dienone is 1. The lowest BCUT2D eigenvalue weighted by Crippen LogP contribution is -2.23. The van der Waals surface area contributed by atoms with Gasteiger partial charge in [0, 0.05) is 0 Å². The monoisotopic (exact) mass is 147 g/mol. The lowest BCUT2D eigenvalue weighted by molar-refractivity contribution is 1.13. The summed E-state index contributed by atoms with van der Waals surface area (Å²) in [5.41, 5.74) is 3.10. The summed E-state index contributed by atoms with van der Waals surface area (Å²) in [5, 5.41) is 0.691. The van der Waals surface area contributed by atoms with Gasteiger partial charge in [0.05, 0.1) is 11.5 Å². The summed E-state index contributed by atoms with van der Waals surface area (Å²) in [6.45, 7) is 0. The first-order valence-corrected chi connectivity index (χ1v) is 3.14. The van der Waals surface area contributed by atoms with Gasteiger partial charge >= 0.3 is 5.69 Å². The van der Waals surface area contributed by atoms with Crippen LogP contribution in [0.15, 0.2) is 27.8 Å². The van der Waals surface area contributed by atoms with Gasteiger partial charge in [-0.3, -0.25) is 4.98 Å². The average Bonchev–Trinajstić information content (AvgIpc) is 2.17. The van der Waals surface area contributed by atoms with Gasteiger partial charge in [-0.1, -0.05) is 0 Å². The van der Waals surface area contributed by atoms with Gasteiger partial charge in [-0.2, -0.15) is 0 Å². The second-order valence-corrected chi connectivity index (χ2v) is 2.10. The van der Waals surface area contributed by atoms with Crippen molar-refractivity contribution in [2.75, 3.05) is 0 Å². The molecule has 0 atom stereocenters. The number of hydrogen-bond donors (Lipinski definition) is 2. The summed E-state index contributed by atoms with van der Waals surface area (Å²) in [6.07, 6.45) is 4.94. The Balaban J connectivity index is 2.99. The maximum atomic E-state index is 10.7. The minimum absolute atomic E-state index is 0.237. The Kier molecular flexibility index (Phi) is 1.14. The normalized spacial score (nSPS) is 13.1. The Labute approximate surface area is 61.3 Å². The first-order chi connectivity index (χ1) is 5.36. The van der Waals surface area contributed by atoms with Crippen LogP contribution in [0, 0.1) is 0 Å². The van der Waals surface area contributed by atoms with E-state index in [4.69, 9.17) is 0 Å².